The van der Waals surface area contributed by atoms with Crippen LogP contribution in [0.15, 0.2) is 18.7 Å². The molecular weight excluding hydrogens is 220 g/mol. The van der Waals surface area contributed by atoms with Crippen molar-refractivity contribution in [2.24, 2.45) is 0 Å². The molecule has 2 rings (SSSR count). The van der Waals surface area contributed by atoms with Gasteiger partial charge in [-0.05, 0) is 6.42 Å². The largest absolute Gasteiger partial charge is 0.343 e. The predicted octanol–water partition coefficient (Wildman–Crippen LogP) is 0.108. The average Bonchev–Trinajstić information content (AvgIpc) is 2.35. The molecule has 0 spiro atoms. The zero-order valence-corrected chi connectivity index (χ0v) is 9.59. The van der Waals surface area contributed by atoms with Gasteiger partial charge >= 0.3 is 0 Å². The maximum Gasteiger partial charge on any atom is 0.250 e. The third-order valence-electron chi connectivity index (χ3n) is 2.64. The van der Waals surface area contributed by atoms with Crippen molar-refractivity contribution in [3.63, 3.8) is 0 Å². The maximum absolute atomic E-state index is 12.1. The van der Waals surface area contributed by atoms with Crippen LogP contribution in [-0.4, -0.2) is 34.4 Å². The van der Waals surface area contributed by atoms with Crippen molar-refractivity contribution in [3.05, 3.63) is 18.7 Å². The zero-order chi connectivity index (χ0) is 12.3. The van der Waals surface area contributed by atoms with E-state index in [1.807, 2.05) is 6.92 Å². The standard InChI is InChI=1S/C11H14N4O2/c1-2-3-9-11(17)15(6-10(16)14-9)8-4-12-7-13-5-8/h4-5,7,9H,2-3,6H2,1H3,(H,14,16). The number of carbonyl (C=O) groups is 2. The van der Waals surface area contributed by atoms with Crippen LogP contribution in [0.4, 0.5) is 5.69 Å². The molecule has 1 aromatic rings. The van der Waals surface area contributed by atoms with Crippen LogP contribution in [0, 0.1) is 0 Å². The first-order chi connectivity index (χ1) is 8.22. The Kier molecular flexibility index (Phi) is 3.32. The van der Waals surface area contributed by atoms with Gasteiger partial charge in [-0.15, -0.1) is 0 Å². The molecule has 1 saturated heterocycles. The van der Waals surface area contributed by atoms with Gasteiger partial charge in [0.2, 0.25) is 11.8 Å². The number of rotatable bonds is 3. The lowest BCUT2D eigenvalue weighted by atomic mass is 10.1. The predicted molar refractivity (Wildman–Crippen MR) is 61.2 cm³/mol. The van der Waals surface area contributed by atoms with Crippen LogP contribution in [0.5, 0.6) is 0 Å². The molecule has 0 radical (unpaired) electrons. The van der Waals surface area contributed by atoms with E-state index in [0.29, 0.717) is 12.1 Å². The van der Waals surface area contributed by atoms with Gasteiger partial charge in [0.1, 0.15) is 18.9 Å². The average molecular weight is 234 g/mol. The molecule has 1 unspecified atom stereocenters. The molecule has 0 aliphatic carbocycles. The molecule has 2 heterocycles. The zero-order valence-electron chi connectivity index (χ0n) is 9.59. The number of hydrogen-bond donors (Lipinski definition) is 1. The summed E-state index contributed by atoms with van der Waals surface area (Å²) in [6, 6.07) is -0.429. The molecule has 6 heteroatoms. The van der Waals surface area contributed by atoms with E-state index in [9.17, 15) is 9.59 Å². The summed E-state index contributed by atoms with van der Waals surface area (Å²) >= 11 is 0. The number of hydrogen-bond acceptors (Lipinski definition) is 4. The number of carbonyl (C=O) groups excluding carboxylic acids is 2. The van der Waals surface area contributed by atoms with Gasteiger partial charge < -0.3 is 5.32 Å². The molecule has 0 saturated carbocycles. The fourth-order valence-corrected chi connectivity index (χ4v) is 1.84. The van der Waals surface area contributed by atoms with Gasteiger partial charge in [-0.25, -0.2) is 9.97 Å². The van der Waals surface area contributed by atoms with Crippen molar-refractivity contribution in [1.82, 2.24) is 15.3 Å². The highest BCUT2D eigenvalue weighted by Crippen LogP contribution is 2.16. The van der Waals surface area contributed by atoms with Crippen molar-refractivity contribution in [2.75, 3.05) is 11.4 Å². The molecular formula is C11H14N4O2. The highest BCUT2D eigenvalue weighted by Gasteiger charge is 2.32. The number of anilines is 1. The topological polar surface area (TPSA) is 75.2 Å². The van der Waals surface area contributed by atoms with Gasteiger partial charge in [-0.2, -0.15) is 0 Å². The minimum absolute atomic E-state index is 0.0341. The molecule has 6 nitrogen and oxygen atoms in total. The third-order valence-corrected chi connectivity index (χ3v) is 2.64. The second-order valence-electron chi connectivity index (χ2n) is 3.93. The smallest absolute Gasteiger partial charge is 0.250 e. The second kappa shape index (κ2) is 4.90. The molecule has 17 heavy (non-hydrogen) atoms. The Morgan fingerprint density at radius 2 is 2.12 bits per heavy atom. The molecule has 0 aromatic carbocycles. The number of amides is 2. The third kappa shape index (κ3) is 2.41. The highest BCUT2D eigenvalue weighted by molar-refractivity contribution is 6.06. The molecule has 90 valence electrons. The quantitative estimate of drug-likeness (QED) is 0.805. The minimum Gasteiger partial charge on any atom is -0.343 e. The van der Waals surface area contributed by atoms with Crippen LogP contribution in [0.25, 0.3) is 0 Å². The van der Waals surface area contributed by atoms with E-state index in [0.717, 1.165) is 6.42 Å². The Hall–Kier alpha value is -1.98. The van der Waals surface area contributed by atoms with Gasteiger partial charge in [-0.3, -0.25) is 14.5 Å². The maximum atomic E-state index is 12.1. The molecule has 1 aliphatic heterocycles. The SMILES string of the molecule is CCCC1NC(=O)CN(c2cncnc2)C1=O. The van der Waals surface area contributed by atoms with Gasteiger partial charge in [0.25, 0.3) is 0 Å². The lowest BCUT2D eigenvalue weighted by Crippen LogP contribution is -2.58. The monoisotopic (exact) mass is 234 g/mol. The molecule has 1 aliphatic rings. The van der Waals surface area contributed by atoms with Gasteiger partial charge in [0, 0.05) is 0 Å². The van der Waals surface area contributed by atoms with E-state index in [4.69, 9.17) is 0 Å². The van der Waals surface area contributed by atoms with Crippen molar-refractivity contribution >= 4 is 17.5 Å². The highest BCUT2D eigenvalue weighted by atomic mass is 16.2. The second-order valence-corrected chi connectivity index (χ2v) is 3.93. The number of aromatic nitrogens is 2. The molecule has 1 N–H and O–H groups in total. The van der Waals surface area contributed by atoms with Gasteiger partial charge in [0.15, 0.2) is 0 Å². The molecule has 1 aromatic heterocycles. The molecule has 0 bridgehead atoms. The summed E-state index contributed by atoms with van der Waals surface area (Å²) in [6.07, 6.45) is 5.95. The Morgan fingerprint density at radius 1 is 1.41 bits per heavy atom. The van der Waals surface area contributed by atoms with Crippen molar-refractivity contribution in [2.45, 2.75) is 25.8 Å². The van der Waals surface area contributed by atoms with Gasteiger partial charge in [0.05, 0.1) is 18.1 Å². The molecule has 1 atom stereocenters. The van der Waals surface area contributed by atoms with Crippen LogP contribution in [0.3, 0.4) is 0 Å². The van der Waals surface area contributed by atoms with E-state index >= 15 is 0 Å². The lowest BCUT2D eigenvalue weighted by molar-refractivity contribution is -0.131. The molecule has 1 fully saturated rings. The fourth-order valence-electron chi connectivity index (χ4n) is 1.84. The fraction of sp³-hybridized carbons (Fsp3) is 0.455. The summed E-state index contributed by atoms with van der Waals surface area (Å²) in [5.41, 5.74) is 0.563. The lowest BCUT2D eigenvalue weighted by Gasteiger charge is -2.31. The number of piperazine rings is 1. The summed E-state index contributed by atoms with van der Waals surface area (Å²) in [6.45, 7) is 2.01. The van der Waals surface area contributed by atoms with E-state index < -0.39 is 6.04 Å². The minimum atomic E-state index is -0.429. The summed E-state index contributed by atoms with van der Waals surface area (Å²) in [4.78, 5) is 32.8. The Morgan fingerprint density at radius 3 is 2.76 bits per heavy atom. The van der Waals surface area contributed by atoms with Crippen LogP contribution in [0.2, 0.25) is 0 Å². The Balaban J connectivity index is 2.22. The van der Waals surface area contributed by atoms with Crippen LogP contribution in [-0.2, 0) is 9.59 Å². The van der Waals surface area contributed by atoms with Crippen LogP contribution >= 0.6 is 0 Å². The van der Waals surface area contributed by atoms with Gasteiger partial charge in [-0.1, -0.05) is 13.3 Å². The number of nitrogens with zero attached hydrogens (tertiary/aromatic N) is 3. The summed E-state index contributed by atoms with van der Waals surface area (Å²) < 4.78 is 0. The summed E-state index contributed by atoms with van der Waals surface area (Å²) in [5.74, 6) is -0.242. The van der Waals surface area contributed by atoms with E-state index in [-0.39, 0.29) is 18.4 Å². The van der Waals surface area contributed by atoms with Crippen molar-refractivity contribution in [3.8, 4) is 0 Å². The normalized spacial score (nSPS) is 20.3. The summed E-state index contributed by atoms with van der Waals surface area (Å²) in [5, 5.41) is 2.70. The van der Waals surface area contributed by atoms with E-state index in [2.05, 4.69) is 15.3 Å². The van der Waals surface area contributed by atoms with Crippen LogP contribution < -0.4 is 10.2 Å². The van der Waals surface area contributed by atoms with Crippen molar-refractivity contribution < 1.29 is 9.59 Å². The number of nitrogens with one attached hydrogen (secondary N) is 1. The molecule has 2 amide bonds. The first-order valence-electron chi connectivity index (χ1n) is 5.58. The Bertz CT molecular complexity index is 421. The Labute approximate surface area is 99.1 Å². The van der Waals surface area contributed by atoms with Crippen molar-refractivity contribution in [1.29, 1.82) is 0 Å². The van der Waals surface area contributed by atoms with Crippen LogP contribution in [0.1, 0.15) is 19.8 Å². The van der Waals surface area contributed by atoms with E-state index in [1.54, 1.807) is 0 Å². The summed E-state index contributed by atoms with van der Waals surface area (Å²) in [7, 11) is 0. The first kappa shape index (κ1) is 11.5. The van der Waals surface area contributed by atoms with E-state index in [1.165, 1.54) is 23.6 Å². The first-order valence-corrected chi connectivity index (χ1v) is 5.58.